The Balaban J connectivity index is 2.16. The summed E-state index contributed by atoms with van der Waals surface area (Å²) in [6, 6.07) is 0.710. The second kappa shape index (κ2) is 5.55. The quantitative estimate of drug-likeness (QED) is 0.681. The minimum absolute atomic E-state index is 0.710. The second-order valence-corrected chi connectivity index (χ2v) is 3.63. The van der Waals surface area contributed by atoms with Gasteiger partial charge in [0.1, 0.15) is 0 Å². The molecule has 12 heavy (non-hydrogen) atoms. The summed E-state index contributed by atoms with van der Waals surface area (Å²) in [4.78, 5) is 0. The normalized spacial score (nSPS) is 26.0. The molecule has 0 amide bonds. The molecule has 1 saturated heterocycles. The van der Waals surface area contributed by atoms with Gasteiger partial charge < -0.3 is 10.1 Å². The first-order valence-electron chi connectivity index (χ1n) is 5.18. The van der Waals surface area contributed by atoms with Gasteiger partial charge >= 0.3 is 0 Å². The van der Waals surface area contributed by atoms with Crippen molar-refractivity contribution < 1.29 is 4.74 Å². The van der Waals surface area contributed by atoms with Crippen LogP contribution in [0.4, 0.5) is 0 Å². The second-order valence-electron chi connectivity index (χ2n) is 3.63. The lowest BCUT2D eigenvalue weighted by Gasteiger charge is -2.18. The highest BCUT2D eigenvalue weighted by atomic mass is 16.5. The molecule has 0 aliphatic carbocycles. The van der Waals surface area contributed by atoms with E-state index in [0.29, 0.717) is 6.04 Å². The number of rotatable bonds is 5. The van der Waals surface area contributed by atoms with Crippen LogP contribution in [0.1, 0.15) is 33.1 Å². The minimum atomic E-state index is 0.710. The Morgan fingerprint density at radius 2 is 2.33 bits per heavy atom. The van der Waals surface area contributed by atoms with Gasteiger partial charge in [-0.1, -0.05) is 13.8 Å². The van der Waals surface area contributed by atoms with E-state index < -0.39 is 0 Å². The fourth-order valence-electron chi connectivity index (χ4n) is 1.85. The van der Waals surface area contributed by atoms with Crippen LogP contribution in [0.5, 0.6) is 0 Å². The molecular formula is C10H21NO. The van der Waals surface area contributed by atoms with Crippen molar-refractivity contribution in [2.75, 3.05) is 19.8 Å². The molecule has 1 rings (SSSR count). The van der Waals surface area contributed by atoms with E-state index in [0.717, 1.165) is 25.7 Å². The van der Waals surface area contributed by atoms with Gasteiger partial charge in [-0.25, -0.2) is 0 Å². The van der Waals surface area contributed by atoms with Gasteiger partial charge in [-0.15, -0.1) is 0 Å². The maximum atomic E-state index is 5.35. The Morgan fingerprint density at radius 3 is 2.83 bits per heavy atom. The first-order chi connectivity index (χ1) is 5.86. The van der Waals surface area contributed by atoms with Crippen LogP contribution in [0.15, 0.2) is 0 Å². The molecule has 2 unspecified atom stereocenters. The van der Waals surface area contributed by atoms with E-state index in [1.54, 1.807) is 0 Å². The number of hydrogen-bond acceptors (Lipinski definition) is 2. The molecule has 72 valence electrons. The monoisotopic (exact) mass is 171 g/mol. The van der Waals surface area contributed by atoms with E-state index >= 15 is 0 Å². The summed E-state index contributed by atoms with van der Waals surface area (Å²) >= 11 is 0. The third kappa shape index (κ3) is 3.11. The first-order valence-corrected chi connectivity index (χ1v) is 5.18. The molecule has 1 aliphatic heterocycles. The van der Waals surface area contributed by atoms with E-state index in [1.807, 2.05) is 0 Å². The van der Waals surface area contributed by atoms with Crippen molar-refractivity contribution in [1.29, 1.82) is 0 Å². The van der Waals surface area contributed by atoms with Crippen molar-refractivity contribution in [2.24, 2.45) is 5.92 Å². The fourth-order valence-corrected chi connectivity index (χ4v) is 1.85. The molecule has 0 radical (unpaired) electrons. The molecular weight excluding hydrogens is 150 g/mol. The molecule has 0 aromatic rings. The van der Waals surface area contributed by atoms with Gasteiger partial charge in [0, 0.05) is 19.3 Å². The molecule has 1 fully saturated rings. The highest BCUT2D eigenvalue weighted by Crippen LogP contribution is 2.19. The van der Waals surface area contributed by atoms with Gasteiger partial charge in [-0.2, -0.15) is 0 Å². The van der Waals surface area contributed by atoms with Gasteiger partial charge in [0.25, 0.3) is 0 Å². The van der Waals surface area contributed by atoms with Gasteiger partial charge in [-0.05, 0) is 31.7 Å². The van der Waals surface area contributed by atoms with E-state index in [4.69, 9.17) is 4.74 Å². The third-order valence-corrected chi connectivity index (χ3v) is 2.63. The highest BCUT2D eigenvalue weighted by Gasteiger charge is 2.18. The van der Waals surface area contributed by atoms with Crippen LogP contribution in [0.3, 0.4) is 0 Å². The van der Waals surface area contributed by atoms with Crippen molar-refractivity contribution in [3.05, 3.63) is 0 Å². The van der Waals surface area contributed by atoms with Gasteiger partial charge in [0.05, 0.1) is 0 Å². The fraction of sp³-hybridized carbons (Fsp3) is 1.00. The van der Waals surface area contributed by atoms with Gasteiger partial charge in [0.2, 0.25) is 0 Å². The predicted molar refractivity (Wildman–Crippen MR) is 51.3 cm³/mol. The highest BCUT2D eigenvalue weighted by molar-refractivity contribution is 4.72. The minimum Gasteiger partial charge on any atom is -0.381 e. The Labute approximate surface area is 75.7 Å². The zero-order valence-electron chi connectivity index (χ0n) is 8.31. The predicted octanol–water partition coefficient (Wildman–Crippen LogP) is 1.80. The van der Waals surface area contributed by atoms with E-state index in [-0.39, 0.29) is 0 Å². The zero-order chi connectivity index (χ0) is 8.81. The smallest absolute Gasteiger partial charge is 0.0495 e. The van der Waals surface area contributed by atoms with Gasteiger partial charge in [0.15, 0.2) is 0 Å². The van der Waals surface area contributed by atoms with E-state index in [9.17, 15) is 0 Å². The Morgan fingerprint density at radius 1 is 1.50 bits per heavy atom. The lowest BCUT2D eigenvalue weighted by atomic mass is 9.98. The van der Waals surface area contributed by atoms with Crippen LogP contribution in [-0.4, -0.2) is 25.8 Å². The summed E-state index contributed by atoms with van der Waals surface area (Å²) in [5, 5.41) is 3.50. The summed E-state index contributed by atoms with van der Waals surface area (Å²) in [5.41, 5.74) is 0. The van der Waals surface area contributed by atoms with E-state index in [2.05, 4.69) is 19.2 Å². The van der Waals surface area contributed by atoms with Crippen molar-refractivity contribution in [3.8, 4) is 0 Å². The van der Waals surface area contributed by atoms with Crippen molar-refractivity contribution >= 4 is 0 Å². The molecule has 2 nitrogen and oxygen atoms in total. The van der Waals surface area contributed by atoms with Crippen LogP contribution in [0, 0.1) is 5.92 Å². The molecule has 0 spiro atoms. The molecule has 0 aromatic heterocycles. The topological polar surface area (TPSA) is 21.3 Å². The van der Waals surface area contributed by atoms with E-state index in [1.165, 1.54) is 19.3 Å². The largest absolute Gasteiger partial charge is 0.381 e. The summed E-state index contributed by atoms with van der Waals surface area (Å²) in [7, 11) is 0. The summed E-state index contributed by atoms with van der Waals surface area (Å²) < 4.78 is 5.35. The van der Waals surface area contributed by atoms with Crippen LogP contribution < -0.4 is 5.32 Å². The number of nitrogens with one attached hydrogen (secondary N) is 1. The molecule has 2 heteroatoms. The number of hydrogen-bond donors (Lipinski definition) is 1. The number of ether oxygens (including phenoxy) is 1. The summed E-state index contributed by atoms with van der Waals surface area (Å²) in [6.07, 6.45) is 3.80. The van der Waals surface area contributed by atoms with Crippen molar-refractivity contribution in [1.82, 2.24) is 5.32 Å². The maximum Gasteiger partial charge on any atom is 0.0495 e. The van der Waals surface area contributed by atoms with Crippen LogP contribution in [-0.2, 0) is 4.74 Å². The summed E-state index contributed by atoms with van der Waals surface area (Å²) in [5.74, 6) is 0.814. The molecule has 0 saturated carbocycles. The van der Waals surface area contributed by atoms with Crippen LogP contribution >= 0.6 is 0 Å². The Bertz CT molecular complexity index is 110. The zero-order valence-corrected chi connectivity index (χ0v) is 8.31. The maximum absolute atomic E-state index is 5.35. The molecule has 1 N–H and O–H groups in total. The van der Waals surface area contributed by atoms with Crippen molar-refractivity contribution in [2.45, 2.75) is 39.2 Å². The average Bonchev–Trinajstić information content (AvgIpc) is 2.56. The molecule has 1 heterocycles. The lowest BCUT2D eigenvalue weighted by Crippen LogP contribution is -2.30. The van der Waals surface area contributed by atoms with Crippen LogP contribution in [0.2, 0.25) is 0 Å². The Hall–Kier alpha value is -0.0800. The standard InChI is InChI=1S/C10H21NO/c1-3-10(11-4-2)7-9-5-6-12-8-9/h9-11H,3-8H2,1-2H3. The lowest BCUT2D eigenvalue weighted by molar-refractivity contribution is 0.181. The molecule has 0 aromatic carbocycles. The van der Waals surface area contributed by atoms with Gasteiger partial charge in [-0.3, -0.25) is 0 Å². The molecule has 2 atom stereocenters. The third-order valence-electron chi connectivity index (χ3n) is 2.63. The Kier molecular flexibility index (Phi) is 4.62. The molecule has 1 aliphatic rings. The molecule has 0 bridgehead atoms. The SMILES string of the molecule is CCNC(CC)CC1CCOC1. The summed E-state index contributed by atoms with van der Waals surface area (Å²) in [6.45, 7) is 7.48. The first kappa shape index (κ1) is 10.0. The van der Waals surface area contributed by atoms with Crippen molar-refractivity contribution in [3.63, 3.8) is 0 Å². The average molecular weight is 171 g/mol. The van der Waals surface area contributed by atoms with Crippen LogP contribution in [0.25, 0.3) is 0 Å².